The zero-order valence-corrected chi connectivity index (χ0v) is 12.7. The minimum Gasteiger partial charge on any atom is -0.487 e. The number of benzene rings is 1. The van der Waals surface area contributed by atoms with Crippen molar-refractivity contribution < 1.29 is 9.13 Å². The first-order valence-corrected chi connectivity index (χ1v) is 8.35. The third-order valence-corrected chi connectivity index (χ3v) is 5.73. The summed E-state index contributed by atoms with van der Waals surface area (Å²) in [7, 11) is 2.00. The van der Waals surface area contributed by atoms with Crippen LogP contribution in [0.3, 0.4) is 0 Å². The Balaban J connectivity index is 1.65. The van der Waals surface area contributed by atoms with Gasteiger partial charge in [0.25, 0.3) is 0 Å². The molecule has 2 aliphatic carbocycles. The maximum Gasteiger partial charge on any atom is 0.127 e. The number of rotatable bonds is 2. The highest BCUT2D eigenvalue weighted by Gasteiger charge is 2.47. The number of halogens is 1. The smallest absolute Gasteiger partial charge is 0.127 e. The van der Waals surface area contributed by atoms with Crippen LogP contribution in [-0.4, -0.2) is 12.6 Å². The Kier molecular flexibility index (Phi) is 3.21. The number of ether oxygens (including phenoxy) is 1. The lowest BCUT2D eigenvalue weighted by atomic mass is 9.71. The van der Waals surface area contributed by atoms with Crippen molar-refractivity contribution in [2.45, 2.75) is 56.6 Å². The topological polar surface area (TPSA) is 21.3 Å². The van der Waals surface area contributed by atoms with Gasteiger partial charge in [-0.05, 0) is 63.5 Å². The summed E-state index contributed by atoms with van der Waals surface area (Å²) in [5, 5.41) is 3.41. The van der Waals surface area contributed by atoms with E-state index in [-0.39, 0.29) is 17.5 Å². The molecule has 2 saturated carbocycles. The fraction of sp³-hybridized carbons (Fsp3) is 0.667. The van der Waals surface area contributed by atoms with Crippen LogP contribution in [0, 0.1) is 17.7 Å². The molecule has 114 valence electrons. The minimum absolute atomic E-state index is 0.0695. The van der Waals surface area contributed by atoms with Gasteiger partial charge in [0.15, 0.2) is 0 Å². The molecule has 0 aromatic heterocycles. The quantitative estimate of drug-likeness (QED) is 0.880. The van der Waals surface area contributed by atoms with Gasteiger partial charge in [0, 0.05) is 24.1 Å². The summed E-state index contributed by atoms with van der Waals surface area (Å²) in [5.74, 6) is 2.33. The van der Waals surface area contributed by atoms with Gasteiger partial charge in [-0.15, -0.1) is 0 Å². The van der Waals surface area contributed by atoms with Gasteiger partial charge in [0.2, 0.25) is 0 Å². The Hall–Kier alpha value is -1.09. The van der Waals surface area contributed by atoms with E-state index in [0.717, 1.165) is 42.4 Å². The van der Waals surface area contributed by atoms with Gasteiger partial charge < -0.3 is 10.1 Å². The Morgan fingerprint density at radius 2 is 2.05 bits per heavy atom. The van der Waals surface area contributed by atoms with Crippen molar-refractivity contribution in [3.8, 4) is 5.75 Å². The van der Waals surface area contributed by atoms with E-state index in [1.807, 2.05) is 13.1 Å². The highest BCUT2D eigenvalue weighted by Crippen LogP contribution is 2.52. The molecule has 1 spiro atoms. The standard InChI is InChI=1S/C18H24FNO/c1-20-16-11-18(8-2-3-13(10-18)12-4-5-12)21-17-9-14(19)6-7-15(16)17/h6-7,9,12-13,16,20H,2-5,8,10-11H2,1H3. The van der Waals surface area contributed by atoms with Gasteiger partial charge >= 0.3 is 0 Å². The summed E-state index contributed by atoms with van der Waals surface area (Å²) in [5.41, 5.74) is 1.04. The molecule has 21 heavy (non-hydrogen) atoms. The summed E-state index contributed by atoms with van der Waals surface area (Å²) in [6.45, 7) is 0. The lowest BCUT2D eigenvalue weighted by Gasteiger charge is -2.47. The Bertz CT molecular complexity index is 542. The molecule has 1 aromatic carbocycles. The zero-order valence-electron chi connectivity index (χ0n) is 12.7. The molecule has 2 nitrogen and oxygen atoms in total. The first-order valence-electron chi connectivity index (χ1n) is 8.35. The van der Waals surface area contributed by atoms with Crippen LogP contribution in [0.15, 0.2) is 18.2 Å². The highest BCUT2D eigenvalue weighted by molar-refractivity contribution is 5.39. The van der Waals surface area contributed by atoms with E-state index in [2.05, 4.69) is 5.32 Å². The second-order valence-electron chi connectivity index (χ2n) is 7.21. The monoisotopic (exact) mass is 289 g/mol. The Labute approximate surface area is 126 Å². The van der Waals surface area contributed by atoms with Gasteiger partial charge in [-0.3, -0.25) is 0 Å². The van der Waals surface area contributed by atoms with Crippen molar-refractivity contribution in [2.24, 2.45) is 11.8 Å². The van der Waals surface area contributed by atoms with Gasteiger partial charge in [0.05, 0.1) is 0 Å². The number of hydrogen-bond acceptors (Lipinski definition) is 2. The van der Waals surface area contributed by atoms with Crippen LogP contribution in [0.5, 0.6) is 5.75 Å². The van der Waals surface area contributed by atoms with Gasteiger partial charge in [-0.2, -0.15) is 0 Å². The van der Waals surface area contributed by atoms with E-state index in [9.17, 15) is 4.39 Å². The van der Waals surface area contributed by atoms with Crippen LogP contribution >= 0.6 is 0 Å². The summed E-state index contributed by atoms with van der Waals surface area (Å²) in [6, 6.07) is 5.27. The number of nitrogens with one attached hydrogen (secondary N) is 1. The van der Waals surface area contributed by atoms with Crippen molar-refractivity contribution in [1.82, 2.24) is 5.32 Å². The molecule has 0 radical (unpaired) electrons. The molecule has 0 amide bonds. The van der Waals surface area contributed by atoms with E-state index < -0.39 is 0 Å². The summed E-state index contributed by atoms with van der Waals surface area (Å²) < 4.78 is 20.0. The summed E-state index contributed by atoms with van der Waals surface area (Å²) in [6.07, 6.45) is 8.71. The van der Waals surface area contributed by atoms with Crippen LogP contribution in [0.25, 0.3) is 0 Å². The molecule has 3 heteroatoms. The van der Waals surface area contributed by atoms with Crippen molar-refractivity contribution in [2.75, 3.05) is 7.05 Å². The maximum absolute atomic E-state index is 13.6. The van der Waals surface area contributed by atoms with Crippen LogP contribution in [0.4, 0.5) is 4.39 Å². The van der Waals surface area contributed by atoms with E-state index in [1.165, 1.54) is 25.7 Å². The second kappa shape index (κ2) is 4.98. The van der Waals surface area contributed by atoms with Gasteiger partial charge in [-0.25, -0.2) is 4.39 Å². The van der Waals surface area contributed by atoms with Gasteiger partial charge in [-0.1, -0.05) is 6.07 Å². The molecule has 3 atom stereocenters. The molecule has 1 N–H and O–H groups in total. The van der Waals surface area contributed by atoms with Crippen LogP contribution < -0.4 is 10.1 Å². The molecule has 4 rings (SSSR count). The predicted octanol–water partition coefficient (Wildman–Crippen LogP) is 4.21. The van der Waals surface area contributed by atoms with Crippen LogP contribution in [0.1, 0.15) is 56.6 Å². The molecule has 0 saturated heterocycles. The molecular formula is C18H24FNO. The molecule has 0 bridgehead atoms. The lowest BCUT2D eigenvalue weighted by molar-refractivity contribution is -0.0241. The van der Waals surface area contributed by atoms with Crippen LogP contribution in [-0.2, 0) is 0 Å². The molecule has 2 fully saturated rings. The zero-order chi connectivity index (χ0) is 14.4. The second-order valence-corrected chi connectivity index (χ2v) is 7.21. The number of hydrogen-bond donors (Lipinski definition) is 1. The fourth-order valence-electron chi connectivity index (χ4n) is 4.52. The van der Waals surface area contributed by atoms with Crippen molar-refractivity contribution >= 4 is 0 Å². The number of fused-ring (bicyclic) bond motifs is 1. The summed E-state index contributed by atoms with van der Waals surface area (Å²) in [4.78, 5) is 0. The van der Waals surface area contributed by atoms with Gasteiger partial charge in [0.1, 0.15) is 17.2 Å². The normalized spacial score (nSPS) is 35.3. The highest BCUT2D eigenvalue weighted by atomic mass is 19.1. The Morgan fingerprint density at radius 1 is 1.19 bits per heavy atom. The Morgan fingerprint density at radius 3 is 2.81 bits per heavy atom. The molecule has 1 aliphatic heterocycles. The van der Waals surface area contributed by atoms with E-state index >= 15 is 0 Å². The molecule has 1 aromatic rings. The average Bonchev–Trinajstić information content (AvgIpc) is 3.30. The van der Waals surface area contributed by atoms with Crippen molar-refractivity contribution in [3.63, 3.8) is 0 Å². The lowest BCUT2D eigenvalue weighted by Crippen LogP contribution is -2.47. The third-order valence-electron chi connectivity index (χ3n) is 5.73. The van der Waals surface area contributed by atoms with E-state index in [1.54, 1.807) is 12.1 Å². The first-order chi connectivity index (χ1) is 10.2. The maximum atomic E-state index is 13.6. The van der Waals surface area contributed by atoms with Crippen LogP contribution in [0.2, 0.25) is 0 Å². The minimum atomic E-state index is -0.199. The first kappa shape index (κ1) is 13.6. The summed E-state index contributed by atoms with van der Waals surface area (Å²) >= 11 is 0. The average molecular weight is 289 g/mol. The van der Waals surface area contributed by atoms with Crippen molar-refractivity contribution in [3.05, 3.63) is 29.6 Å². The van der Waals surface area contributed by atoms with E-state index in [4.69, 9.17) is 4.74 Å². The SMILES string of the molecule is CNC1CC2(CCCC(C3CC3)C2)Oc2cc(F)ccc21. The molecule has 1 heterocycles. The molecule has 3 unspecified atom stereocenters. The largest absolute Gasteiger partial charge is 0.487 e. The fourth-order valence-corrected chi connectivity index (χ4v) is 4.52. The molecular weight excluding hydrogens is 265 g/mol. The third kappa shape index (κ3) is 2.46. The van der Waals surface area contributed by atoms with E-state index in [0.29, 0.717) is 0 Å². The predicted molar refractivity (Wildman–Crippen MR) is 80.9 cm³/mol. The molecule has 3 aliphatic rings. The van der Waals surface area contributed by atoms with Crippen molar-refractivity contribution in [1.29, 1.82) is 0 Å².